The molecule has 1 aliphatic rings. The smallest absolute Gasteiger partial charge is 0.407 e. The Morgan fingerprint density at radius 3 is 3.18 bits per heavy atom. The zero-order valence-corrected chi connectivity index (χ0v) is 6.72. The van der Waals surface area contributed by atoms with Gasteiger partial charge < -0.3 is 15.4 Å². The first-order valence-electron chi connectivity index (χ1n) is 3.92. The van der Waals surface area contributed by atoms with Gasteiger partial charge in [0, 0.05) is 0 Å². The van der Waals surface area contributed by atoms with E-state index in [9.17, 15) is 4.79 Å². The maximum atomic E-state index is 10.5. The van der Waals surface area contributed by atoms with E-state index in [0.717, 1.165) is 19.4 Å². The van der Waals surface area contributed by atoms with Crippen LogP contribution in [0.25, 0.3) is 0 Å². The Kier molecular flexibility index (Phi) is 3.16. The highest BCUT2D eigenvalue weighted by molar-refractivity contribution is 5.69. The van der Waals surface area contributed by atoms with Crippen LogP contribution in [0.2, 0.25) is 0 Å². The van der Waals surface area contributed by atoms with Crippen LogP contribution in [0.4, 0.5) is 4.79 Å². The number of rotatable bonds is 4. The first kappa shape index (κ1) is 8.33. The van der Waals surface area contributed by atoms with Crippen LogP contribution in [-0.4, -0.2) is 32.3 Å². The van der Waals surface area contributed by atoms with Crippen LogP contribution in [0.15, 0.2) is 0 Å². The third-order valence-electron chi connectivity index (χ3n) is 1.70. The Morgan fingerprint density at radius 2 is 2.64 bits per heavy atom. The summed E-state index contributed by atoms with van der Waals surface area (Å²) in [6, 6.07) is 0. The Hall–Kier alpha value is -0.770. The van der Waals surface area contributed by atoms with Crippen molar-refractivity contribution in [3.8, 4) is 0 Å². The van der Waals surface area contributed by atoms with Gasteiger partial charge in [0.25, 0.3) is 0 Å². The Labute approximate surface area is 66.3 Å². The van der Waals surface area contributed by atoms with Crippen molar-refractivity contribution >= 4 is 6.09 Å². The number of amides is 1. The maximum Gasteiger partial charge on any atom is 0.407 e. The predicted octanol–water partition coefficient (Wildman–Crippen LogP) is 0.0944. The summed E-state index contributed by atoms with van der Waals surface area (Å²) in [5.41, 5.74) is 0. The molecule has 0 aliphatic carbocycles. The predicted molar refractivity (Wildman–Crippen MR) is 41.4 cm³/mol. The van der Waals surface area contributed by atoms with Gasteiger partial charge in [0.2, 0.25) is 0 Å². The third-order valence-corrected chi connectivity index (χ3v) is 1.70. The minimum absolute atomic E-state index is 0.0934. The lowest BCUT2D eigenvalue weighted by atomic mass is 10.2. The number of carbonyl (C=O) groups excluding carboxylic acids is 1. The van der Waals surface area contributed by atoms with Gasteiger partial charge in [-0.25, -0.2) is 4.79 Å². The van der Waals surface area contributed by atoms with E-state index in [4.69, 9.17) is 4.74 Å². The molecular weight excluding hydrogens is 144 g/mol. The van der Waals surface area contributed by atoms with Crippen LogP contribution in [0.1, 0.15) is 12.8 Å². The molecule has 0 aromatic heterocycles. The second-order valence-electron chi connectivity index (χ2n) is 2.65. The van der Waals surface area contributed by atoms with Gasteiger partial charge in [0.05, 0.1) is 6.54 Å². The minimum Gasteiger partial charge on any atom is -0.444 e. The largest absolute Gasteiger partial charge is 0.444 e. The van der Waals surface area contributed by atoms with Crippen LogP contribution in [-0.2, 0) is 4.74 Å². The van der Waals surface area contributed by atoms with Gasteiger partial charge >= 0.3 is 6.09 Å². The molecular formula is C7H14N2O2. The number of carbonyl (C=O) groups is 1. The monoisotopic (exact) mass is 158 g/mol. The molecule has 4 nitrogen and oxygen atoms in total. The molecule has 4 heteroatoms. The second kappa shape index (κ2) is 4.18. The van der Waals surface area contributed by atoms with Crippen LogP contribution in [0.5, 0.6) is 0 Å². The molecule has 1 fully saturated rings. The lowest BCUT2D eigenvalue weighted by Gasteiger charge is -2.05. The molecule has 2 N–H and O–H groups in total. The highest BCUT2D eigenvalue weighted by Crippen LogP contribution is 2.06. The number of alkyl carbamates (subject to hydrolysis) is 1. The molecule has 11 heavy (non-hydrogen) atoms. The standard InChI is InChI=1S/C7H14N2O2/c1-8-4-2-3-6-5-9-7(10)11-6/h6,8H,2-5H2,1H3,(H,9,10). The van der Waals surface area contributed by atoms with Crippen LogP contribution < -0.4 is 10.6 Å². The zero-order valence-electron chi connectivity index (χ0n) is 6.72. The molecule has 0 aromatic carbocycles. The Balaban J connectivity index is 2.04. The second-order valence-corrected chi connectivity index (χ2v) is 2.65. The molecule has 1 amide bonds. The summed E-state index contributed by atoms with van der Waals surface area (Å²) in [5, 5.41) is 5.66. The van der Waals surface area contributed by atoms with Gasteiger partial charge in [-0.15, -0.1) is 0 Å². The summed E-state index contributed by atoms with van der Waals surface area (Å²) in [4.78, 5) is 10.5. The van der Waals surface area contributed by atoms with Crippen LogP contribution in [0.3, 0.4) is 0 Å². The number of hydrogen-bond acceptors (Lipinski definition) is 3. The topological polar surface area (TPSA) is 50.4 Å². The van der Waals surface area contributed by atoms with Crippen molar-refractivity contribution in [2.45, 2.75) is 18.9 Å². The quantitative estimate of drug-likeness (QED) is 0.570. The molecule has 1 rings (SSSR count). The van der Waals surface area contributed by atoms with Crippen molar-refractivity contribution in [3.63, 3.8) is 0 Å². The molecule has 0 radical (unpaired) electrons. The molecule has 0 aromatic rings. The molecule has 0 spiro atoms. The van der Waals surface area contributed by atoms with E-state index in [1.54, 1.807) is 0 Å². The fourth-order valence-electron chi connectivity index (χ4n) is 1.10. The number of cyclic esters (lactones) is 1. The minimum atomic E-state index is -0.278. The van der Waals surface area contributed by atoms with E-state index >= 15 is 0 Å². The molecule has 1 unspecified atom stereocenters. The summed E-state index contributed by atoms with van der Waals surface area (Å²) in [5.74, 6) is 0. The number of ether oxygens (including phenoxy) is 1. The average molecular weight is 158 g/mol. The lowest BCUT2D eigenvalue weighted by molar-refractivity contribution is 0.134. The summed E-state index contributed by atoms with van der Waals surface area (Å²) < 4.78 is 4.93. The molecule has 1 aliphatic heterocycles. The Morgan fingerprint density at radius 1 is 1.82 bits per heavy atom. The van der Waals surface area contributed by atoms with E-state index in [0.29, 0.717) is 6.54 Å². The van der Waals surface area contributed by atoms with Crippen molar-refractivity contribution in [1.29, 1.82) is 0 Å². The fourth-order valence-corrected chi connectivity index (χ4v) is 1.10. The zero-order chi connectivity index (χ0) is 8.10. The van der Waals surface area contributed by atoms with Gasteiger partial charge in [0.15, 0.2) is 0 Å². The van der Waals surface area contributed by atoms with Gasteiger partial charge in [-0.3, -0.25) is 0 Å². The van der Waals surface area contributed by atoms with Crippen molar-refractivity contribution in [2.75, 3.05) is 20.1 Å². The van der Waals surface area contributed by atoms with Crippen molar-refractivity contribution in [1.82, 2.24) is 10.6 Å². The molecule has 64 valence electrons. The summed E-state index contributed by atoms with van der Waals surface area (Å²) in [6.45, 7) is 1.65. The van der Waals surface area contributed by atoms with Crippen LogP contribution in [0, 0.1) is 0 Å². The SMILES string of the molecule is CNCCCC1CNC(=O)O1. The van der Waals surface area contributed by atoms with E-state index < -0.39 is 0 Å². The molecule has 0 bridgehead atoms. The fraction of sp³-hybridized carbons (Fsp3) is 0.857. The van der Waals surface area contributed by atoms with Crippen molar-refractivity contribution in [2.24, 2.45) is 0 Å². The number of hydrogen-bond donors (Lipinski definition) is 2. The molecule has 1 heterocycles. The molecule has 1 saturated heterocycles. The van der Waals surface area contributed by atoms with E-state index in [-0.39, 0.29) is 12.2 Å². The van der Waals surface area contributed by atoms with Gasteiger partial charge in [-0.1, -0.05) is 0 Å². The van der Waals surface area contributed by atoms with E-state index in [1.807, 2.05) is 7.05 Å². The van der Waals surface area contributed by atoms with Crippen molar-refractivity contribution < 1.29 is 9.53 Å². The summed E-state index contributed by atoms with van der Waals surface area (Å²) in [7, 11) is 1.92. The third kappa shape index (κ3) is 2.76. The maximum absolute atomic E-state index is 10.5. The summed E-state index contributed by atoms with van der Waals surface area (Å²) >= 11 is 0. The van der Waals surface area contributed by atoms with E-state index in [1.165, 1.54) is 0 Å². The van der Waals surface area contributed by atoms with E-state index in [2.05, 4.69) is 10.6 Å². The molecule has 0 saturated carbocycles. The molecule has 1 atom stereocenters. The normalized spacial score (nSPS) is 23.0. The van der Waals surface area contributed by atoms with Gasteiger partial charge in [-0.05, 0) is 26.4 Å². The van der Waals surface area contributed by atoms with Crippen molar-refractivity contribution in [3.05, 3.63) is 0 Å². The lowest BCUT2D eigenvalue weighted by Crippen LogP contribution is -2.16. The average Bonchev–Trinajstić information content (AvgIpc) is 2.37. The Bertz CT molecular complexity index is 138. The number of nitrogens with one attached hydrogen (secondary N) is 2. The van der Waals surface area contributed by atoms with Gasteiger partial charge in [-0.2, -0.15) is 0 Å². The first-order valence-corrected chi connectivity index (χ1v) is 3.92. The first-order chi connectivity index (χ1) is 5.33. The highest BCUT2D eigenvalue weighted by atomic mass is 16.6. The summed E-state index contributed by atoms with van der Waals surface area (Å²) in [6.07, 6.45) is 1.81. The highest BCUT2D eigenvalue weighted by Gasteiger charge is 2.21. The van der Waals surface area contributed by atoms with Crippen LogP contribution >= 0.6 is 0 Å². The van der Waals surface area contributed by atoms with Gasteiger partial charge in [0.1, 0.15) is 6.10 Å².